The van der Waals surface area contributed by atoms with Gasteiger partial charge in [0.05, 0.1) is 5.92 Å². The monoisotopic (exact) mass is 299 g/mol. The number of carboxylic acids is 1. The first-order valence-electron chi connectivity index (χ1n) is 7.30. The minimum Gasteiger partial charge on any atom is -0.480 e. The number of carboxylic acid groups (broad SMARTS) is 1. The van der Waals surface area contributed by atoms with Crippen molar-refractivity contribution in [2.45, 2.75) is 32.2 Å². The molecule has 0 radical (unpaired) electrons. The van der Waals surface area contributed by atoms with Gasteiger partial charge in [-0.2, -0.15) is 0 Å². The lowest BCUT2D eigenvalue weighted by Gasteiger charge is -2.19. The molecule has 1 aliphatic rings. The number of likely N-dealkylation sites (tertiary alicyclic amines) is 1. The summed E-state index contributed by atoms with van der Waals surface area (Å²) in [6, 6.07) is -0.879. The van der Waals surface area contributed by atoms with Crippen molar-refractivity contribution in [1.29, 1.82) is 0 Å². The van der Waals surface area contributed by atoms with Gasteiger partial charge in [0.1, 0.15) is 6.04 Å². The third-order valence-corrected chi connectivity index (χ3v) is 3.64. The molecule has 0 aromatic heterocycles. The molecule has 0 spiro atoms. The lowest BCUT2D eigenvalue weighted by Crippen LogP contribution is -2.43. The zero-order valence-corrected chi connectivity index (χ0v) is 13.0. The third-order valence-electron chi connectivity index (χ3n) is 3.64. The summed E-state index contributed by atoms with van der Waals surface area (Å²) in [5.41, 5.74) is 0. The number of amides is 2. The van der Waals surface area contributed by atoms with Crippen molar-refractivity contribution in [3.63, 3.8) is 0 Å². The first-order chi connectivity index (χ1) is 9.85. The molecule has 2 N–H and O–H groups in total. The fourth-order valence-corrected chi connectivity index (χ4v) is 2.37. The SMILES string of the molecule is CCC(NC(=O)C1CC(=O)N(CCCN(C)C)C1)C(=O)O. The van der Waals surface area contributed by atoms with Gasteiger partial charge in [-0.3, -0.25) is 9.59 Å². The first-order valence-corrected chi connectivity index (χ1v) is 7.30. The second kappa shape index (κ2) is 7.97. The lowest BCUT2D eigenvalue weighted by molar-refractivity contribution is -0.142. The molecule has 7 nitrogen and oxygen atoms in total. The van der Waals surface area contributed by atoms with Crippen molar-refractivity contribution in [3.05, 3.63) is 0 Å². The molecule has 0 aliphatic carbocycles. The average molecular weight is 299 g/mol. The number of hydrogen-bond acceptors (Lipinski definition) is 4. The molecule has 1 fully saturated rings. The fraction of sp³-hybridized carbons (Fsp3) is 0.786. The Morgan fingerprint density at radius 1 is 1.48 bits per heavy atom. The zero-order chi connectivity index (χ0) is 16.0. The average Bonchev–Trinajstić information content (AvgIpc) is 2.76. The molecule has 0 aromatic rings. The zero-order valence-electron chi connectivity index (χ0n) is 13.0. The predicted molar refractivity (Wildman–Crippen MR) is 77.7 cm³/mol. The standard InChI is InChI=1S/C14H25N3O4/c1-4-11(14(20)21)15-13(19)10-8-12(18)17(9-10)7-5-6-16(2)3/h10-11H,4-9H2,1-3H3,(H,15,19)(H,20,21). The van der Waals surface area contributed by atoms with E-state index >= 15 is 0 Å². The van der Waals surface area contributed by atoms with Gasteiger partial charge in [-0.25, -0.2) is 4.79 Å². The van der Waals surface area contributed by atoms with Crippen molar-refractivity contribution in [3.8, 4) is 0 Å². The van der Waals surface area contributed by atoms with E-state index < -0.39 is 17.9 Å². The fourth-order valence-electron chi connectivity index (χ4n) is 2.37. The predicted octanol–water partition coefficient (Wildman–Crippen LogP) is -0.234. The molecule has 1 saturated heterocycles. The molecule has 0 aromatic carbocycles. The minimum atomic E-state index is -1.04. The van der Waals surface area contributed by atoms with E-state index in [0.29, 0.717) is 19.5 Å². The molecule has 2 unspecified atom stereocenters. The van der Waals surface area contributed by atoms with E-state index in [1.54, 1.807) is 11.8 Å². The van der Waals surface area contributed by atoms with Crippen molar-refractivity contribution >= 4 is 17.8 Å². The summed E-state index contributed by atoms with van der Waals surface area (Å²) in [7, 11) is 3.94. The molecule has 0 bridgehead atoms. The number of carbonyl (C=O) groups is 3. The van der Waals surface area contributed by atoms with Gasteiger partial charge in [0.15, 0.2) is 0 Å². The smallest absolute Gasteiger partial charge is 0.326 e. The number of aliphatic carboxylic acids is 1. The number of hydrogen-bond donors (Lipinski definition) is 2. The molecule has 1 rings (SSSR count). The maximum atomic E-state index is 12.0. The molecule has 120 valence electrons. The van der Waals surface area contributed by atoms with Gasteiger partial charge in [0, 0.05) is 19.5 Å². The summed E-state index contributed by atoms with van der Waals surface area (Å²) in [6.07, 6.45) is 1.36. The maximum absolute atomic E-state index is 12.0. The second-order valence-corrected chi connectivity index (χ2v) is 5.71. The van der Waals surface area contributed by atoms with Gasteiger partial charge in [0.2, 0.25) is 11.8 Å². The Morgan fingerprint density at radius 2 is 2.14 bits per heavy atom. The van der Waals surface area contributed by atoms with Crippen LogP contribution in [-0.2, 0) is 14.4 Å². The Hall–Kier alpha value is -1.63. The van der Waals surface area contributed by atoms with Gasteiger partial charge in [-0.1, -0.05) is 6.92 Å². The van der Waals surface area contributed by atoms with Gasteiger partial charge in [0.25, 0.3) is 0 Å². The van der Waals surface area contributed by atoms with Crippen molar-refractivity contribution in [1.82, 2.24) is 15.1 Å². The van der Waals surface area contributed by atoms with Crippen molar-refractivity contribution < 1.29 is 19.5 Å². The summed E-state index contributed by atoms with van der Waals surface area (Å²) in [6.45, 7) is 3.61. The molecule has 7 heteroatoms. The highest BCUT2D eigenvalue weighted by atomic mass is 16.4. The summed E-state index contributed by atoms with van der Waals surface area (Å²) in [5.74, 6) is -1.85. The van der Waals surface area contributed by atoms with E-state index in [1.165, 1.54) is 0 Å². The Morgan fingerprint density at radius 3 is 2.67 bits per heavy atom. The summed E-state index contributed by atoms with van der Waals surface area (Å²) in [5, 5.41) is 11.4. The molecular weight excluding hydrogens is 274 g/mol. The maximum Gasteiger partial charge on any atom is 0.326 e. The highest BCUT2D eigenvalue weighted by Crippen LogP contribution is 2.18. The largest absolute Gasteiger partial charge is 0.480 e. The van der Waals surface area contributed by atoms with E-state index in [-0.39, 0.29) is 18.2 Å². The molecular formula is C14H25N3O4. The number of rotatable bonds is 8. The van der Waals surface area contributed by atoms with Crippen molar-refractivity contribution in [2.24, 2.45) is 5.92 Å². The van der Waals surface area contributed by atoms with Crippen LogP contribution in [0.15, 0.2) is 0 Å². The van der Waals surface area contributed by atoms with E-state index in [4.69, 9.17) is 5.11 Å². The van der Waals surface area contributed by atoms with Crippen LogP contribution >= 0.6 is 0 Å². The third kappa shape index (κ3) is 5.34. The Balaban J connectivity index is 2.45. The quantitative estimate of drug-likeness (QED) is 0.646. The number of nitrogens with one attached hydrogen (secondary N) is 1. The van der Waals surface area contributed by atoms with Crippen LogP contribution in [0.1, 0.15) is 26.2 Å². The van der Waals surface area contributed by atoms with Crippen LogP contribution in [-0.4, -0.2) is 72.5 Å². The summed E-state index contributed by atoms with van der Waals surface area (Å²) < 4.78 is 0. The number of carbonyl (C=O) groups excluding carboxylic acids is 2. The van der Waals surface area contributed by atoms with Crippen LogP contribution in [0.4, 0.5) is 0 Å². The van der Waals surface area contributed by atoms with E-state index in [1.807, 2.05) is 19.0 Å². The highest BCUT2D eigenvalue weighted by molar-refractivity contribution is 5.91. The molecule has 1 aliphatic heterocycles. The topological polar surface area (TPSA) is 90.0 Å². The normalized spacial score (nSPS) is 19.9. The van der Waals surface area contributed by atoms with Gasteiger partial charge < -0.3 is 20.2 Å². The minimum absolute atomic E-state index is 0.0303. The van der Waals surface area contributed by atoms with Crippen LogP contribution in [0.2, 0.25) is 0 Å². The van der Waals surface area contributed by atoms with E-state index in [9.17, 15) is 14.4 Å². The van der Waals surface area contributed by atoms with E-state index in [2.05, 4.69) is 5.32 Å². The van der Waals surface area contributed by atoms with E-state index in [0.717, 1.165) is 13.0 Å². The van der Waals surface area contributed by atoms with Gasteiger partial charge >= 0.3 is 5.97 Å². The number of nitrogens with zero attached hydrogens (tertiary/aromatic N) is 2. The Kier molecular flexibility index (Phi) is 6.61. The Labute approximate surface area is 125 Å². The second-order valence-electron chi connectivity index (χ2n) is 5.71. The van der Waals surface area contributed by atoms with Gasteiger partial charge in [-0.05, 0) is 33.5 Å². The molecule has 2 amide bonds. The van der Waals surface area contributed by atoms with Crippen LogP contribution in [0.25, 0.3) is 0 Å². The molecule has 1 heterocycles. The first kappa shape index (κ1) is 17.4. The van der Waals surface area contributed by atoms with Crippen LogP contribution in [0.3, 0.4) is 0 Å². The van der Waals surface area contributed by atoms with Crippen LogP contribution in [0.5, 0.6) is 0 Å². The molecule has 2 atom stereocenters. The Bertz CT molecular complexity index is 398. The summed E-state index contributed by atoms with van der Waals surface area (Å²) in [4.78, 5) is 38.6. The van der Waals surface area contributed by atoms with Crippen LogP contribution in [0, 0.1) is 5.92 Å². The van der Waals surface area contributed by atoms with Crippen molar-refractivity contribution in [2.75, 3.05) is 33.7 Å². The molecule has 0 saturated carbocycles. The van der Waals surface area contributed by atoms with Gasteiger partial charge in [-0.15, -0.1) is 0 Å². The molecule has 21 heavy (non-hydrogen) atoms. The summed E-state index contributed by atoms with van der Waals surface area (Å²) >= 11 is 0. The van der Waals surface area contributed by atoms with Crippen LogP contribution < -0.4 is 5.32 Å². The lowest BCUT2D eigenvalue weighted by atomic mass is 10.1. The highest BCUT2D eigenvalue weighted by Gasteiger charge is 2.35.